The molecule has 1 heterocycles. The molecule has 0 unspecified atom stereocenters. The van der Waals surface area contributed by atoms with Gasteiger partial charge in [-0.15, -0.1) is 0 Å². The van der Waals surface area contributed by atoms with Crippen molar-refractivity contribution in [3.8, 4) is 0 Å². The highest BCUT2D eigenvalue weighted by Crippen LogP contribution is 2.24. The second-order valence-electron chi connectivity index (χ2n) is 6.58. The molecule has 0 radical (unpaired) electrons. The summed E-state index contributed by atoms with van der Waals surface area (Å²) in [6.07, 6.45) is 0. The van der Waals surface area contributed by atoms with Crippen molar-refractivity contribution < 1.29 is 18.3 Å². The van der Waals surface area contributed by atoms with Crippen molar-refractivity contribution in [3.05, 3.63) is 47.2 Å². The second-order valence-corrected chi connectivity index (χ2v) is 11.7. The van der Waals surface area contributed by atoms with Crippen LogP contribution in [0.2, 0.25) is 19.6 Å². The minimum Gasteiger partial charge on any atom is -0.465 e. The third-order valence-electron chi connectivity index (χ3n) is 3.74. The highest BCUT2D eigenvalue weighted by Gasteiger charge is 2.21. The summed E-state index contributed by atoms with van der Waals surface area (Å²) >= 11 is 0. The van der Waals surface area contributed by atoms with Crippen LogP contribution in [0.1, 0.15) is 16.1 Å². The van der Waals surface area contributed by atoms with Gasteiger partial charge in [-0.25, -0.2) is 18.6 Å². The fourth-order valence-corrected chi connectivity index (χ4v) is 3.38. The smallest absolute Gasteiger partial charge is 0.341 e. The van der Waals surface area contributed by atoms with Gasteiger partial charge in [-0.1, -0.05) is 30.9 Å². The second kappa shape index (κ2) is 7.28. The van der Waals surface area contributed by atoms with Gasteiger partial charge in [0.2, 0.25) is 0 Å². The Labute approximate surface area is 146 Å². The molecule has 1 aromatic heterocycles. The van der Waals surface area contributed by atoms with Gasteiger partial charge in [0.25, 0.3) is 0 Å². The number of nitrogens with zero attached hydrogens (tertiary/aromatic N) is 1. The monoisotopic (exact) mass is 365 g/mol. The number of methoxy groups -OCH3 is 1. The van der Waals surface area contributed by atoms with Gasteiger partial charge in [-0.3, -0.25) is 0 Å². The Morgan fingerprint density at radius 3 is 2.44 bits per heavy atom. The van der Waals surface area contributed by atoms with Crippen LogP contribution in [0.15, 0.2) is 24.3 Å². The molecule has 0 amide bonds. The van der Waals surface area contributed by atoms with Gasteiger partial charge < -0.3 is 15.8 Å². The quantitative estimate of drug-likeness (QED) is 0.629. The number of benzene rings is 1. The predicted octanol–water partition coefficient (Wildman–Crippen LogP) is 2.89. The molecule has 0 spiro atoms. The third-order valence-corrected chi connectivity index (χ3v) is 5.78. The van der Waals surface area contributed by atoms with E-state index in [9.17, 15) is 13.6 Å². The number of halogens is 2. The Morgan fingerprint density at radius 1 is 1.24 bits per heavy atom. The third kappa shape index (κ3) is 4.20. The number of carbonyl (C=O) groups is 1. The van der Waals surface area contributed by atoms with E-state index in [-0.39, 0.29) is 29.3 Å². The molecule has 0 aliphatic carbocycles. The van der Waals surface area contributed by atoms with Crippen molar-refractivity contribution in [1.82, 2.24) is 4.98 Å². The minimum atomic E-state index is -1.66. The van der Waals surface area contributed by atoms with E-state index in [1.54, 1.807) is 6.07 Å². The molecule has 0 aliphatic heterocycles. The summed E-state index contributed by atoms with van der Waals surface area (Å²) < 4.78 is 33.0. The van der Waals surface area contributed by atoms with Crippen LogP contribution in [0.4, 0.5) is 20.3 Å². The van der Waals surface area contributed by atoms with Gasteiger partial charge in [0.15, 0.2) is 0 Å². The maximum atomic E-state index is 14.5. The number of rotatable bonds is 5. The normalized spacial score (nSPS) is 11.3. The summed E-state index contributed by atoms with van der Waals surface area (Å²) in [6.45, 7) is 6.18. The van der Waals surface area contributed by atoms with E-state index < -0.39 is 25.7 Å². The van der Waals surface area contributed by atoms with Gasteiger partial charge in [0.1, 0.15) is 23.0 Å². The molecular weight excluding hydrogens is 344 g/mol. The lowest BCUT2D eigenvalue weighted by atomic mass is 10.2. The maximum Gasteiger partial charge on any atom is 0.341 e. The lowest BCUT2D eigenvalue weighted by Gasteiger charge is -2.18. The largest absolute Gasteiger partial charge is 0.465 e. The molecule has 2 aromatic rings. The first kappa shape index (κ1) is 19.0. The lowest BCUT2D eigenvalue weighted by Crippen LogP contribution is -2.37. The van der Waals surface area contributed by atoms with Crippen LogP contribution in [-0.2, 0) is 11.3 Å². The first-order valence-electron chi connectivity index (χ1n) is 7.72. The molecule has 3 N–H and O–H groups in total. The van der Waals surface area contributed by atoms with E-state index in [4.69, 9.17) is 5.73 Å². The molecule has 0 atom stereocenters. The highest BCUT2D eigenvalue weighted by molar-refractivity contribution is 6.88. The summed E-state index contributed by atoms with van der Waals surface area (Å²) in [6, 6.07) is 5.87. The standard InChI is InChI=1S/C17H21F2N3O2Si/c1-24-17(23)11-8-13(19)15(9-20)22-16(11)21-14-6-5-10(7-12(14)18)25(2,3)4/h5-8H,9,20H2,1-4H3,(H,21,22). The van der Waals surface area contributed by atoms with Crippen LogP contribution in [0, 0.1) is 11.6 Å². The molecule has 0 bridgehead atoms. The van der Waals surface area contributed by atoms with Crippen molar-refractivity contribution in [2.45, 2.75) is 26.2 Å². The molecule has 5 nitrogen and oxygen atoms in total. The van der Waals surface area contributed by atoms with Crippen molar-refractivity contribution in [3.63, 3.8) is 0 Å². The number of ether oxygens (including phenoxy) is 1. The maximum absolute atomic E-state index is 14.5. The highest BCUT2D eigenvalue weighted by atomic mass is 28.3. The summed E-state index contributed by atoms with van der Waals surface area (Å²) in [5.41, 5.74) is 5.42. The SMILES string of the molecule is COC(=O)c1cc(F)c(CN)nc1Nc1ccc([Si](C)(C)C)cc1F. The Morgan fingerprint density at radius 2 is 1.92 bits per heavy atom. The average Bonchev–Trinajstić information content (AvgIpc) is 2.56. The zero-order valence-corrected chi connectivity index (χ0v) is 15.6. The fraction of sp³-hybridized carbons (Fsp3) is 0.294. The van der Waals surface area contributed by atoms with Crippen molar-refractivity contribution in [1.29, 1.82) is 0 Å². The summed E-state index contributed by atoms with van der Waals surface area (Å²) in [5, 5.41) is 3.70. The van der Waals surface area contributed by atoms with Gasteiger partial charge in [-0.2, -0.15) is 0 Å². The predicted molar refractivity (Wildman–Crippen MR) is 96.1 cm³/mol. The minimum absolute atomic E-state index is 0.00615. The summed E-state index contributed by atoms with van der Waals surface area (Å²) in [4.78, 5) is 15.9. The number of aromatic nitrogens is 1. The van der Waals surface area contributed by atoms with Crippen LogP contribution < -0.4 is 16.2 Å². The average molecular weight is 365 g/mol. The molecule has 25 heavy (non-hydrogen) atoms. The molecular formula is C17H21F2N3O2Si. The van der Waals surface area contributed by atoms with Crippen LogP contribution >= 0.6 is 0 Å². The molecule has 0 saturated carbocycles. The number of carbonyl (C=O) groups excluding carboxylic acids is 1. The van der Waals surface area contributed by atoms with Crippen molar-refractivity contribution in [2.75, 3.05) is 12.4 Å². The van der Waals surface area contributed by atoms with E-state index in [0.717, 1.165) is 11.3 Å². The Balaban J connectivity index is 2.47. The van der Waals surface area contributed by atoms with Gasteiger partial charge in [0.05, 0.1) is 26.6 Å². The molecule has 2 rings (SSSR count). The van der Waals surface area contributed by atoms with Crippen molar-refractivity contribution in [2.24, 2.45) is 5.73 Å². The van der Waals surface area contributed by atoms with Gasteiger partial charge in [0, 0.05) is 6.54 Å². The van der Waals surface area contributed by atoms with E-state index in [2.05, 4.69) is 34.7 Å². The van der Waals surface area contributed by atoms with E-state index in [1.165, 1.54) is 13.2 Å². The first-order chi connectivity index (χ1) is 11.7. The van der Waals surface area contributed by atoms with Crippen LogP contribution in [0.25, 0.3) is 0 Å². The van der Waals surface area contributed by atoms with Gasteiger partial charge in [-0.05, 0) is 18.2 Å². The molecule has 134 valence electrons. The van der Waals surface area contributed by atoms with E-state index in [0.29, 0.717) is 0 Å². The number of esters is 1. The number of hydrogen-bond donors (Lipinski definition) is 2. The number of hydrogen-bond acceptors (Lipinski definition) is 5. The Kier molecular flexibility index (Phi) is 5.54. The first-order valence-corrected chi connectivity index (χ1v) is 11.2. The van der Waals surface area contributed by atoms with Crippen LogP contribution in [-0.4, -0.2) is 26.1 Å². The summed E-state index contributed by atoms with van der Waals surface area (Å²) in [5.74, 6) is -1.98. The number of nitrogens with two attached hydrogens (primary N) is 1. The fourth-order valence-electron chi connectivity index (χ4n) is 2.24. The van der Waals surface area contributed by atoms with Crippen LogP contribution in [0.3, 0.4) is 0 Å². The number of anilines is 2. The topological polar surface area (TPSA) is 77.2 Å². The lowest BCUT2D eigenvalue weighted by molar-refractivity contribution is 0.0601. The molecule has 0 aliphatic rings. The number of nitrogens with one attached hydrogen (secondary N) is 1. The Bertz CT molecular complexity index is 807. The Hall–Kier alpha value is -2.32. The van der Waals surface area contributed by atoms with Crippen LogP contribution in [0.5, 0.6) is 0 Å². The van der Waals surface area contributed by atoms with E-state index >= 15 is 0 Å². The van der Waals surface area contributed by atoms with Gasteiger partial charge >= 0.3 is 5.97 Å². The van der Waals surface area contributed by atoms with E-state index in [1.807, 2.05) is 6.07 Å². The molecule has 0 fully saturated rings. The van der Waals surface area contributed by atoms with Crippen molar-refractivity contribution >= 4 is 30.7 Å². The molecule has 8 heteroatoms. The zero-order chi connectivity index (χ0) is 18.8. The number of pyridine rings is 1. The molecule has 1 aromatic carbocycles. The summed E-state index contributed by atoms with van der Waals surface area (Å²) in [7, 11) is -0.489. The molecule has 0 saturated heterocycles. The zero-order valence-electron chi connectivity index (χ0n) is 14.6.